The predicted octanol–water partition coefficient (Wildman–Crippen LogP) is 2.87. The Balaban J connectivity index is 2.35. The molecular weight excluding hydrogens is 224 g/mol. The van der Waals surface area contributed by atoms with Gasteiger partial charge in [0.2, 0.25) is 0 Å². The third kappa shape index (κ3) is 2.74. The highest BCUT2D eigenvalue weighted by molar-refractivity contribution is 5.56. The lowest BCUT2D eigenvalue weighted by Crippen LogP contribution is -2.27. The standard InChI is InChI=1S/C14H24N4/c1-10(2)13-16-12(15)11(3)14(17-13)18-8-6-4-5-7-9-18/h10H,4-9H2,1-3H3,(H2,15,16,17). The number of nitrogens with zero attached hydrogens (tertiary/aromatic N) is 3. The fourth-order valence-electron chi connectivity index (χ4n) is 2.39. The summed E-state index contributed by atoms with van der Waals surface area (Å²) in [4.78, 5) is 11.5. The maximum Gasteiger partial charge on any atom is 0.137 e. The molecule has 0 aromatic carbocycles. The van der Waals surface area contributed by atoms with E-state index >= 15 is 0 Å². The molecule has 0 atom stereocenters. The molecule has 2 heterocycles. The summed E-state index contributed by atoms with van der Waals surface area (Å²) >= 11 is 0. The highest BCUT2D eigenvalue weighted by atomic mass is 15.2. The summed E-state index contributed by atoms with van der Waals surface area (Å²) < 4.78 is 0. The van der Waals surface area contributed by atoms with Crippen LogP contribution in [-0.4, -0.2) is 23.1 Å². The second kappa shape index (κ2) is 5.55. The Kier molecular flexibility index (Phi) is 4.04. The molecule has 1 aromatic rings. The molecule has 2 N–H and O–H groups in total. The zero-order valence-corrected chi connectivity index (χ0v) is 11.7. The molecule has 0 saturated carbocycles. The molecule has 100 valence electrons. The summed E-state index contributed by atoms with van der Waals surface area (Å²) in [5, 5.41) is 0. The third-order valence-corrected chi connectivity index (χ3v) is 3.60. The van der Waals surface area contributed by atoms with Crippen LogP contribution in [-0.2, 0) is 0 Å². The van der Waals surface area contributed by atoms with Crippen molar-refractivity contribution in [2.45, 2.75) is 52.4 Å². The van der Waals surface area contributed by atoms with Crippen LogP contribution in [0.2, 0.25) is 0 Å². The van der Waals surface area contributed by atoms with Crippen LogP contribution < -0.4 is 10.6 Å². The zero-order valence-electron chi connectivity index (χ0n) is 11.7. The van der Waals surface area contributed by atoms with E-state index in [1.807, 2.05) is 6.92 Å². The Hall–Kier alpha value is -1.32. The molecule has 4 nitrogen and oxygen atoms in total. The lowest BCUT2D eigenvalue weighted by atomic mass is 10.2. The first-order valence-electron chi connectivity index (χ1n) is 6.98. The predicted molar refractivity (Wildman–Crippen MR) is 76.0 cm³/mol. The van der Waals surface area contributed by atoms with Crippen LogP contribution >= 0.6 is 0 Å². The highest BCUT2D eigenvalue weighted by Gasteiger charge is 2.17. The van der Waals surface area contributed by atoms with Gasteiger partial charge in [0.05, 0.1) is 0 Å². The van der Waals surface area contributed by atoms with Crippen molar-refractivity contribution in [3.8, 4) is 0 Å². The zero-order chi connectivity index (χ0) is 13.1. The topological polar surface area (TPSA) is 55.0 Å². The van der Waals surface area contributed by atoms with Crippen molar-refractivity contribution < 1.29 is 0 Å². The van der Waals surface area contributed by atoms with E-state index in [4.69, 9.17) is 10.7 Å². The molecule has 0 aliphatic carbocycles. The Bertz CT molecular complexity index is 407. The van der Waals surface area contributed by atoms with Crippen LogP contribution in [0.15, 0.2) is 0 Å². The summed E-state index contributed by atoms with van der Waals surface area (Å²) in [5.74, 6) is 2.86. The lowest BCUT2D eigenvalue weighted by molar-refractivity contribution is 0.726. The Morgan fingerprint density at radius 2 is 1.67 bits per heavy atom. The van der Waals surface area contributed by atoms with E-state index in [1.165, 1.54) is 25.7 Å². The van der Waals surface area contributed by atoms with Gasteiger partial charge in [-0.25, -0.2) is 9.97 Å². The Morgan fingerprint density at radius 1 is 1.06 bits per heavy atom. The minimum atomic E-state index is 0.318. The number of aromatic nitrogens is 2. The van der Waals surface area contributed by atoms with Gasteiger partial charge in [-0.05, 0) is 19.8 Å². The number of hydrogen-bond acceptors (Lipinski definition) is 4. The molecule has 1 fully saturated rings. The van der Waals surface area contributed by atoms with Gasteiger partial charge in [-0.3, -0.25) is 0 Å². The first-order valence-corrected chi connectivity index (χ1v) is 6.98. The molecule has 1 aliphatic rings. The number of nitrogen functional groups attached to an aromatic ring is 1. The summed E-state index contributed by atoms with van der Waals surface area (Å²) in [7, 11) is 0. The van der Waals surface area contributed by atoms with E-state index in [0.717, 1.165) is 30.3 Å². The maximum atomic E-state index is 6.03. The summed E-state index contributed by atoms with van der Waals surface area (Å²) in [6.07, 6.45) is 5.15. The molecule has 2 rings (SSSR count). The van der Waals surface area contributed by atoms with Gasteiger partial charge in [0.25, 0.3) is 0 Å². The number of rotatable bonds is 2. The van der Waals surface area contributed by atoms with Crippen molar-refractivity contribution in [1.82, 2.24) is 9.97 Å². The Labute approximate surface area is 110 Å². The quantitative estimate of drug-likeness (QED) is 0.874. The summed E-state index contributed by atoms with van der Waals surface area (Å²) in [6, 6.07) is 0. The van der Waals surface area contributed by atoms with Crippen molar-refractivity contribution >= 4 is 11.6 Å². The first kappa shape index (κ1) is 13.1. The summed E-state index contributed by atoms with van der Waals surface area (Å²) in [6.45, 7) is 8.43. The fourth-order valence-corrected chi connectivity index (χ4v) is 2.39. The average Bonchev–Trinajstić information content (AvgIpc) is 2.61. The van der Waals surface area contributed by atoms with Crippen LogP contribution in [0.5, 0.6) is 0 Å². The minimum absolute atomic E-state index is 0.318. The molecule has 1 aromatic heterocycles. The van der Waals surface area contributed by atoms with Crippen LogP contribution in [0.4, 0.5) is 11.6 Å². The van der Waals surface area contributed by atoms with Gasteiger partial charge < -0.3 is 10.6 Å². The fraction of sp³-hybridized carbons (Fsp3) is 0.714. The summed E-state index contributed by atoms with van der Waals surface area (Å²) in [5.41, 5.74) is 7.06. The van der Waals surface area contributed by atoms with E-state index < -0.39 is 0 Å². The maximum absolute atomic E-state index is 6.03. The van der Waals surface area contributed by atoms with Crippen LogP contribution in [0, 0.1) is 6.92 Å². The van der Waals surface area contributed by atoms with Crippen LogP contribution in [0.3, 0.4) is 0 Å². The smallest absolute Gasteiger partial charge is 0.137 e. The van der Waals surface area contributed by atoms with E-state index in [-0.39, 0.29) is 0 Å². The van der Waals surface area contributed by atoms with E-state index in [1.54, 1.807) is 0 Å². The van der Waals surface area contributed by atoms with Gasteiger partial charge in [0, 0.05) is 24.6 Å². The first-order chi connectivity index (χ1) is 8.59. The van der Waals surface area contributed by atoms with E-state index in [9.17, 15) is 0 Å². The largest absolute Gasteiger partial charge is 0.383 e. The second-order valence-electron chi connectivity index (χ2n) is 5.47. The molecule has 4 heteroatoms. The minimum Gasteiger partial charge on any atom is -0.383 e. The average molecular weight is 248 g/mol. The Morgan fingerprint density at radius 3 is 2.22 bits per heavy atom. The monoisotopic (exact) mass is 248 g/mol. The highest BCUT2D eigenvalue weighted by Crippen LogP contribution is 2.26. The lowest BCUT2D eigenvalue weighted by Gasteiger charge is -2.24. The van der Waals surface area contributed by atoms with E-state index in [2.05, 4.69) is 23.7 Å². The third-order valence-electron chi connectivity index (χ3n) is 3.60. The van der Waals surface area contributed by atoms with Gasteiger partial charge in [0.15, 0.2) is 0 Å². The molecule has 0 bridgehead atoms. The number of anilines is 2. The van der Waals surface area contributed by atoms with Gasteiger partial charge >= 0.3 is 0 Å². The molecule has 0 unspecified atom stereocenters. The van der Waals surface area contributed by atoms with Crippen molar-refractivity contribution in [1.29, 1.82) is 0 Å². The molecule has 0 spiro atoms. The van der Waals surface area contributed by atoms with Gasteiger partial charge in [-0.2, -0.15) is 0 Å². The van der Waals surface area contributed by atoms with Crippen molar-refractivity contribution in [2.24, 2.45) is 0 Å². The van der Waals surface area contributed by atoms with Crippen LogP contribution in [0.25, 0.3) is 0 Å². The van der Waals surface area contributed by atoms with Gasteiger partial charge in [0.1, 0.15) is 17.5 Å². The normalized spacial score (nSPS) is 17.0. The van der Waals surface area contributed by atoms with Crippen LogP contribution in [0.1, 0.15) is 56.8 Å². The molecular formula is C14H24N4. The van der Waals surface area contributed by atoms with Crippen molar-refractivity contribution in [2.75, 3.05) is 23.7 Å². The second-order valence-corrected chi connectivity index (χ2v) is 5.47. The molecule has 18 heavy (non-hydrogen) atoms. The molecule has 1 saturated heterocycles. The van der Waals surface area contributed by atoms with Gasteiger partial charge in [-0.15, -0.1) is 0 Å². The molecule has 1 aliphatic heterocycles. The SMILES string of the molecule is Cc1c(N)nc(C(C)C)nc1N1CCCCCC1. The van der Waals surface area contributed by atoms with Crippen molar-refractivity contribution in [3.63, 3.8) is 0 Å². The number of hydrogen-bond donors (Lipinski definition) is 1. The molecule has 0 amide bonds. The number of nitrogens with two attached hydrogens (primary N) is 1. The molecule has 0 radical (unpaired) electrons. The van der Waals surface area contributed by atoms with Crippen molar-refractivity contribution in [3.05, 3.63) is 11.4 Å². The van der Waals surface area contributed by atoms with Gasteiger partial charge in [-0.1, -0.05) is 26.7 Å². The van der Waals surface area contributed by atoms with E-state index in [0.29, 0.717) is 11.7 Å².